The Morgan fingerprint density at radius 1 is 1.21 bits per heavy atom. The lowest BCUT2D eigenvalue weighted by Crippen LogP contribution is -2.50. The summed E-state index contributed by atoms with van der Waals surface area (Å²) >= 11 is 0. The van der Waals surface area contributed by atoms with Crippen LogP contribution >= 0.6 is 0 Å². The molecule has 0 aromatic heterocycles. The summed E-state index contributed by atoms with van der Waals surface area (Å²) in [6.45, 7) is 3.67. The van der Waals surface area contributed by atoms with Crippen molar-refractivity contribution in [3.63, 3.8) is 0 Å². The first-order chi connectivity index (χ1) is 11.1. The van der Waals surface area contributed by atoms with E-state index in [0.29, 0.717) is 13.0 Å². The Balaban J connectivity index is 2.19. The number of carbonyl (C=O) groups is 2. The smallest absolute Gasteiger partial charge is 0.354 e. The molecule has 1 fully saturated rings. The molecule has 2 N–H and O–H groups in total. The first-order valence-corrected chi connectivity index (χ1v) is 7.89. The van der Waals surface area contributed by atoms with E-state index in [1.54, 1.807) is 13.8 Å². The SMILES string of the molecule is CC(C)(C(=O)N[C@H]1CCCCNC1=O)c1cccc(C(F)(F)F)c1. The maximum atomic E-state index is 12.9. The van der Waals surface area contributed by atoms with Gasteiger partial charge in [0.2, 0.25) is 11.8 Å². The van der Waals surface area contributed by atoms with Gasteiger partial charge < -0.3 is 10.6 Å². The molecule has 1 aliphatic heterocycles. The van der Waals surface area contributed by atoms with Crippen molar-refractivity contribution in [3.05, 3.63) is 35.4 Å². The van der Waals surface area contributed by atoms with Gasteiger partial charge in [-0.05, 0) is 44.7 Å². The Bertz CT molecular complexity index is 627. The molecule has 7 heteroatoms. The van der Waals surface area contributed by atoms with E-state index in [-0.39, 0.29) is 11.5 Å². The molecule has 0 aliphatic carbocycles. The van der Waals surface area contributed by atoms with Gasteiger partial charge in [0.1, 0.15) is 6.04 Å². The van der Waals surface area contributed by atoms with Crippen molar-refractivity contribution in [1.29, 1.82) is 0 Å². The zero-order valence-electron chi connectivity index (χ0n) is 13.7. The molecule has 1 aromatic carbocycles. The van der Waals surface area contributed by atoms with Gasteiger partial charge in [-0.2, -0.15) is 13.2 Å². The fourth-order valence-corrected chi connectivity index (χ4v) is 2.63. The molecule has 1 atom stereocenters. The first kappa shape index (κ1) is 18.3. The van der Waals surface area contributed by atoms with Gasteiger partial charge in [0, 0.05) is 6.54 Å². The van der Waals surface area contributed by atoms with Crippen LogP contribution in [0.2, 0.25) is 0 Å². The zero-order valence-corrected chi connectivity index (χ0v) is 13.7. The minimum Gasteiger partial charge on any atom is -0.354 e. The highest BCUT2D eigenvalue weighted by molar-refractivity contribution is 5.92. The summed E-state index contributed by atoms with van der Waals surface area (Å²) in [5, 5.41) is 5.39. The maximum absolute atomic E-state index is 12.9. The van der Waals surface area contributed by atoms with Crippen molar-refractivity contribution in [2.45, 2.75) is 50.7 Å². The molecule has 4 nitrogen and oxygen atoms in total. The first-order valence-electron chi connectivity index (χ1n) is 7.89. The van der Waals surface area contributed by atoms with Crippen molar-refractivity contribution in [2.75, 3.05) is 6.54 Å². The molecule has 1 aliphatic rings. The highest BCUT2D eigenvalue weighted by Gasteiger charge is 2.36. The molecule has 2 rings (SSSR count). The molecule has 1 saturated heterocycles. The van der Waals surface area contributed by atoms with E-state index in [1.165, 1.54) is 12.1 Å². The van der Waals surface area contributed by atoms with Crippen LogP contribution in [0, 0.1) is 0 Å². The summed E-state index contributed by atoms with van der Waals surface area (Å²) in [6, 6.07) is 4.07. The average Bonchev–Trinajstić information content (AvgIpc) is 2.71. The minimum absolute atomic E-state index is 0.249. The third kappa shape index (κ3) is 4.07. The summed E-state index contributed by atoms with van der Waals surface area (Å²) < 4.78 is 38.6. The number of hydrogen-bond donors (Lipinski definition) is 2. The Morgan fingerprint density at radius 3 is 2.54 bits per heavy atom. The topological polar surface area (TPSA) is 58.2 Å². The predicted octanol–water partition coefficient (Wildman–Crippen LogP) is 2.77. The number of halogens is 3. The monoisotopic (exact) mass is 342 g/mol. The Labute approximate surface area is 138 Å². The van der Waals surface area contributed by atoms with Crippen LogP contribution in [0.4, 0.5) is 13.2 Å². The van der Waals surface area contributed by atoms with E-state index in [9.17, 15) is 22.8 Å². The third-order valence-electron chi connectivity index (χ3n) is 4.32. The van der Waals surface area contributed by atoms with Gasteiger partial charge in [0.25, 0.3) is 0 Å². The Morgan fingerprint density at radius 2 is 1.88 bits per heavy atom. The number of benzene rings is 1. The number of carbonyl (C=O) groups excluding carboxylic acids is 2. The molecule has 0 spiro atoms. The quantitative estimate of drug-likeness (QED) is 0.887. The number of rotatable bonds is 3. The molecule has 0 radical (unpaired) electrons. The van der Waals surface area contributed by atoms with Crippen LogP contribution in [0.3, 0.4) is 0 Å². The summed E-state index contributed by atoms with van der Waals surface area (Å²) in [7, 11) is 0. The molecule has 0 unspecified atom stereocenters. The fourth-order valence-electron chi connectivity index (χ4n) is 2.63. The zero-order chi connectivity index (χ0) is 18.0. The highest BCUT2D eigenvalue weighted by atomic mass is 19.4. The van der Waals surface area contributed by atoms with Crippen LogP contribution in [0.5, 0.6) is 0 Å². The number of nitrogens with one attached hydrogen (secondary N) is 2. The van der Waals surface area contributed by atoms with Gasteiger partial charge in [0.05, 0.1) is 11.0 Å². The molecule has 0 saturated carbocycles. The van der Waals surface area contributed by atoms with E-state index < -0.39 is 29.1 Å². The molecular formula is C17H21F3N2O2. The molecule has 1 aromatic rings. The van der Waals surface area contributed by atoms with Gasteiger partial charge in [-0.3, -0.25) is 9.59 Å². The van der Waals surface area contributed by atoms with Crippen LogP contribution in [-0.4, -0.2) is 24.4 Å². The van der Waals surface area contributed by atoms with Crippen LogP contribution in [-0.2, 0) is 21.2 Å². The number of amides is 2. The summed E-state index contributed by atoms with van der Waals surface area (Å²) in [5.74, 6) is -0.718. The van der Waals surface area contributed by atoms with E-state index >= 15 is 0 Å². The molecule has 1 heterocycles. The van der Waals surface area contributed by atoms with Gasteiger partial charge in [-0.15, -0.1) is 0 Å². The van der Waals surface area contributed by atoms with Crippen molar-refractivity contribution in [2.24, 2.45) is 0 Å². The van der Waals surface area contributed by atoms with E-state index in [1.807, 2.05) is 0 Å². The second-order valence-electron chi connectivity index (χ2n) is 6.52. The van der Waals surface area contributed by atoms with Gasteiger partial charge in [0.15, 0.2) is 0 Å². The van der Waals surface area contributed by atoms with Crippen molar-refractivity contribution in [3.8, 4) is 0 Å². The van der Waals surface area contributed by atoms with Crippen molar-refractivity contribution >= 4 is 11.8 Å². The molecule has 132 valence electrons. The van der Waals surface area contributed by atoms with Gasteiger partial charge in [-0.1, -0.05) is 18.2 Å². The molecule has 0 bridgehead atoms. The fraction of sp³-hybridized carbons (Fsp3) is 0.529. The lowest BCUT2D eigenvalue weighted by molar-refractivity contribution is -0.138. The number of hydrogen-bond acceptors (Lipinski definition) is 2. The van der Waals surface area contributed by atoms with E-state index in [0.717, 1.165) is 25.0 Å². The highest BCUT2D eigenvalue weighted by Crippen LogP contribution is 2.33. The number of alkyl halides is 3. The third-order valence-corrected chi connectivity index (χ3v) is 4.32. The van der Waals surface area contributed by atoms with Gasteiger partial charge >= 0.3 is 6.18 Å². The summed E-state index contributed by atoms with van der Waals surface area (Å²) in [5.41, 5.74) is -1.73. The lowest BCUT2D eigenvalue weighted by atomic mass is 9.82. The van der Waals surface area contributed by atoms with Crippen molar-refractivity contribution in [1.82, 2.24) is 10.6 Å². The minimum atomic E-state index is -4.47. The molecular weight excluding hydrogens is 321 g/mol. The molecule has 2 amide bonds. The van der Waals surface area contributed by atoms with E-state index in [4.69, 9.17) is 0 Å². The second-order valence-corrected chi connectivity index (χ2v) is 6.52. The normalized spacial score (nSPS) is 19.4. The maximum Gasteiger partial charge on any atom is 0.416 e. The van der Waals surface area contributed by atoms with Crippen LogP contribution in [0.15, 0.2) is 24.3 Å². The lowest BCUT2D eigenvalue weighted by Gasteiger charge is -2.27. The van der Waals surface area contributed by atoms with Crippen molar-refractivity contribution < 1.29 is 22.8 Å². The summed E-state index contributed by atoms with van der Waals surface area (Å²) in [4.78, 5) is 24.5. The van der Waals surface area contributed by atoms with Crippen LogP contribution < -0.4 is 10.6 Å². The predicted molar refractivity (Wildman–Crippen MR) is 83.3 cm³/mol. The second kappa shape index (κ2) is 6.83. The standard InChI is InChI=1S/C17H21F3N2O2/c1-16(2,11-6-5-7-12(10-11)17(18,19)20)15(24)22-13-8-3-4-9-21-14(13)23/h5-7,10,13H,3-4,8-9H2,1-2H3,(H,21,23)(H,22,24)/t13-/m0/s1. The Kier molecular flexibility index (Phi) is 5.20. The van der Waals surface area contributed by atoms with Gasteiger partial charge in [-0.25, -0.2) is 0 Å². The molecule has 24 heavy (non-hydrogen) atoms. The summed E-state index contributed by atoms with van der Waals surface area (Å²) in [6.07, 6.45) is -2.30. The van der Waals surface area contributed by atoms with Crippen LogP contribution in [0.1, 0.15) is 44.2 Å². The average molecular weight is 342 g/mol. The van der Waals surface area contributed by atoms with E-state index in [2.05, 4.69) is 10.6 Å². The largest absolute Gasteiger partial charge is 0.416 e. The Hall–Kier alpha value is -2.05. The van der Waals surface area contributed by atoms with Crippen LogP contribution in [0.25, 0.3) is 0 Å².